The van der Waals surface area contributed by atoms with Gasteiger partial charge in [-0.1, -0.05) is 12.5 Å². The minimum atomic E-state index is -0.508. The normalized spacial score (nSPS) is 31.1. The number of halogens is 2. The molecule has 0 saturated heterocycles. The maximum atomic E-state index is 13.4. The molecule has 0 radical (unpaired) electrons. The van der Waals surface area contributed by atoms with E-state index in [1.165, 1.54) is 37.8 Å². The van der Waals surface area contributed by atoms with Gasteiger partial charge in [0.15, 0.2) is 0 Å². The number of hydrogen-bond donors (Lipinski definition) is 1. The van der Waals surface area contributed by atoms with Crippen LogP contribution in [0, 0.1) is 23.5 Å². The third-order valence-electron chi connectivity index (χ3n) is 4.31. The van der Waals surface area contributed by atoms with Crippen LogP contribution in [-0.2, 0) is 6.54 Å². The second kappa shape index (κ2) is 4.37. The zero-order valence-electron chi connectivity index (χ0n) is 9.76. The third-order valence-corrected chi connectivity index (χ3v) is 4.31. The lowest BCUT2D eigenvalue weighted by molar-refractivity contribution is 0.348. The van der Waals surface area contributed by atoms with Gasteiger partial charge in [-0.2, -0.15) is 0 Å². The summed E-state index contributed by atoms with van der Waals surface area (Å²) in [6, 6.07) is 4.35. The Morgan fingerprint density at radius 1 is 1.18 bits per heavy atom. The smallest absolute Gasteiger partial charge is 0.130 e. The molecular formula is C14H17F2N. The van der Waals surface area contributed by atoms with E-state index in [4.69, 9.17) is 0 Å². The van der Waals surface area contributed by atoms with Gasteiger partial charge in [0.25, 0.3) is 0 Å². The molecule has 2 bridgehead atoms. The summed E-state index contributed by atoms with van der Waals surface area (Å²) in [4.78, 5) is 0. The van der Waals surface area contributed by atoms with Crippen molar-refractivity contribution in [3.8, 4) is 0 Å². The summed E-state index contributed by atoms with van der Waals surface area (Å²) in [7, 11) is 0. The molecule has 2 aliphatic carbocycles. The molecule has 17 heavy (non-hydrogen) atoms. The maximum Gasteiger partial charge on any atom is 0.130 e. The van der Waals surface area contributed by atoms with Crippen LogP contribution < -0.4 is 5.32 Å². The quantitative estimate of drug-likeness (QED) is 0.851. The Labute approximate surface area is 100 Å². The van der Waals surface area contributed by atoms with Crippen LogP contribution in [0.25, 0.3) is 0 Å². The molecule has 2 fully saturated rings. The van der Waals surface area contributed by atoms with E-state index >= 15 is 0 Å². The third kappa shape index (κ3) is 2.21. The van der Waals surface area contributed by atoms with Crippen molar-refractivity contribution in [2.45, 2.75) is 38.3 Å². The van der Waals surface area contributed by atoms with Crippen LogP contribution in [-0.4, -0.2) is 6.04 Å². The predicted molar refractivity (Wildman–Crippen MR) is 62.4 cm³/mol. The summed E-state index contributed by atoms with van der Waals surface area (Å²) < 4.78 is 26.2. The first-order chi connectivity index (χ1) is 8.22. The highest BCUT2D eigenvalue weighted by molar-refractivity contribution is 5.18. The fraction of sp³-hybridized carbons (Fsp3) is 0.571. The fourth-order valence-corrected chi connectivity index (χ4v) is 3.40. The van der Waals surface area contributed by atoms with Crippen LogP contribution in [0.15, 0.2) is 18.2 Å². The molecular weight excluding hydrogens is 220 g/mol. The Morgan fingerprint density at radius 2 is 2.06 bits per heavy atom. The molecule has 3 atom stereocenters. The molecule has 2 saturated carbocycles. The summed E-state index contributed by atoms with van der Waals surface area (Å²) in [6.07, 6.45) is 5.25. The van der Waals surface area contributed by atoms with E-state index < -0.39 is 11.6 Å². The van der Waals surface area contributed by atoms with E-state index in [2.05, 4.69) is 5.32 Å². The summed E-state index contributed by atoms with van der Waals surface area (Å²) in [5.74, 6) is 0.714. The van der Waals surface area contributed by atoms with Crippen LogP contribution in [0.3, 0.4) is 0 Å². The number of hydrogen-bond acceptors (Lipinski definition) is 1. The molecule has 0 aliphatic heterocycles. The molecule has 3 unspecified atom stereocenters. The van der Waals surface area contributed by atoms with E-state index in [9.17, 15) is 8.78 Å². The van der Waals surface area contributed by atoms with Crippen molar-refractivity contribution in [1.29, 1.82) is 0 Å². The highest BCUT2D eigenvalue weighted by atomic mass is 19.1. The minimum absolute atomic E-state index is 0.444. The molecule has 0 aromatic heterocycles. The van der Waals surface area contributed by atoms with Crippen LogP contribution in [0.5, 0.6) is 0 Å². The molecule has 1 N–H and O–H groups in total. The van der Waals surface area contributed by atoms with E-state index in [-0.39, 0.29) is 0 Å². The minimum Gasteiger partial charge on any atom is -0.310 e. The lowest BCUT2D eigenvalue weighted by Gasteiger charge is -2.23. The Balaban J connectivity index is 1.60. The van der Waals surface area contributed by atoms with Crippen LogP contribution >= 0.6 is 0 Å². The molecule has 92 valence electrons. The van der Waals surface area contributed by atoms with Crippen molar-refractivity contribution in [3.63, 3.8) is 0 Å². The van der Waals surface area contributed by atoms with Gasteiger partial charge in [-0.25, -0.2) is 8.78 Å². The average molecular weight is 237 g/mol. The average Bonchev–Trinajstić information content (AvgIpc) is 2.89. The van der Waals surface area contributed by atoms with Gasteiger partial charge in [0.2, 0.25) is 0 Å². The lowest BCUT2D eigenvalue weighted by Crippen LogP contribution is -2.33. The van der Waals surface area contributed by atoms with Crippen LogP contribution in [0.1, 0.15) is 31.2 Å². The fourth-order valence-electron chi connectivity index (χ4n) is 3.40. The molecule has 0 heterocycles. The van der Waals surface area contributed by atoms with Crippen molar-refractivity contribution < 1.29 is 8.78 Å². The van der Waals surface area contributed by atoms with Gasteiger partial charge >= 0.3 is 0 Å². The van der Waals surface area contributed by atoms with Crippen molar-refractivity contribution in [1.82, 2.24) is 5.32 Å². The molecule has 0 spiro atoms. The van der Waals surface area contributed by atoms with E-state index in [0.717, 1.165) is 17.9 Å². The highest BCUT2D eigenvalue weighted by Gasteiger charge is 2.38. The first kappa shape index (κ1) is 11.1. The molecule has 3 rings (SSSR count). The lowest BCUT2D eigenvalue weighted by atomic mass is 9.95. The topological polar surface area (TPSA) is 12.0 Å². The molecule has 1 aromatic rings. The van der Waals surface area contributed by atoms with Crippen molar-refractivity contribution in [3.05, 3.63) is 35.4 Å². The number of fused-ring (bicyclic) bond motifs is 2. The second-order valence-corrected chi connectivity index (χ2v) is 5.40. The molecule has 0 amide bonds. The number of benzene rings is 1. The van der Waals surface area contributed by atoms with E-state index in [1.54, 1.807) is 0 Å². The SMILES string of the molecule is Fc1ccc(CNC2CC3CCC2C3)c(F)c1. The molecule has 2 aliphatic rings. The predicted octanol–water partition coefficient (Wildman–Crippen LogP) is 3.24. The van der Waals surface area contributed by atoms with Gasteiger partial charge in [-0.05, 0) is 37.2 Å². The van der Waals surface area contributed by atoms with Crippen molar-refractivity contribution in [2.75, 3.05) is 0 Å². The molecule has 3 heteroatoms. The first-order valence-corrected chi connectivity index (χ1v) is 6.39. The standard InChI is InChI=1S/C14H17F2N/c15-12-4-3-11(13(16)7-12)8-17-14-6-9-1-2-10(14)5-9/h3-4,7,9-10,14,17H,1-2,5-6,8H2. The van der Waals surface area contributed by atoms with Gasteiger partial charge in [-0.3, -0.25) is 0 Å². The number of rotatable bonds is 3. The second-order valence-electron chi connectivity index (χ2n) is 5.40. The summed E-state index contributed by atoms with van der Waals surface area (Å²) in [6.45, 7) is 0.514. The monoisotopic (exact) mass is 237 g/mol. The van der Waals surface area contributed by atoms with Crippen molar-refractivity contribution >= 4 is 0 Å². The zero-order valence-corrected chi connectivity index (χ0v) is 9.76. The van der Waals surface area contributed by atoms with Gasteiger partial charge in [-0.15, -0.1) is 0 Å². The summed E-state index contributed by atoms with van der Waals surface area (Å²) in [5.41, 5.74) is 0.564. The Bertz CT molecular complexity index is 419. The Hall–Kier alpha value is -0.960. The van der Waals surface area contributed by atoms with Gasteiger partial charge in [0, 0.05) is 24.2 Å². The van der Waals surface area contributed by atoms with Gasteiger partial charge < -0.3 is 5.32 Å². The van der Waals surface area contributed by atoms with Crippen LogP contribution in [0.4, 0.5) is 8.78 Å². The summed E-state index contributed by atoms with van der Waals surface area (Å²) in [5, 5.41) is 3.43. The van der Waals surface area contributed by atoms with E-state index in [0.29, 0.717) is 18.2 Å². The first-order valence-electron chi connectivity index (χ1n) is 6.39. The maximum absolute atomic E-state index is 13.4. The Kier molecular flexibility index (Phi) is 2.87. The molecule has 1 aromatic carbocycles. The highest BCUT2D eigenvalue weighted by Crippen LogP contribution is 2.44. The van der Waals surface area contributed by atoms with Gasteiger partial charge in [0.1, 0.15) is 11.6 Å². The van der Waals surface area contributed by atoms with Crippen molar-refractivity contribution in [2.24, 2.45) is 11.8 Å². The summed E-state index contributed by atoms with van der Waals surface area (Å²) >= 11 is 0. The number of nitrogens with one attached hydrogen (secondary N) is 1. The Morgan fingerprint density at radius 3 is 2.71 bits per heavy atom. The van der Waals surface area contributed by atoms with E-state index in [1.807, 2.05) is 0 Å². The van der Waals surface area contributed by atoms with Gasteiger partial charge in [0.05, 0.1) is 0 Å². The zero-order chi connectivity index (χ0) is 11.8. The molecule has 1 nitrogen and oxygen atoms in total. The van der Waals surface area contributed by atoms with Crippen LogP contribution in [0.2, 0.25) is 0 Å². The largest absolute Gasteiger partial charge is 0.310 e.